The fraction of sp³-hybridized carbons (Fsp3) is 0.0714. The molecule has 2 aromatic carbocycles. The standard InChI is InChI=1S/C14H13NO/c1-10-5-13(8-14(15)6-10)12-4-2-3-11(7-12)9-16/h2-9H,15H2,1H3. The zero-order valence-electron chi connectivity index (χ0n) is 9.10. The van der Waals surface area contributed by atoms with Crippen LogP contribution in [0.4, 0.5) is 5.69 Å². The molecule has 0 unspecified atom stereocenters. The van der Waals surface area contributed by atoms with Crippen LogP contribution in [0.25, 0.3) is 11.1 Å². The Hall–Kier alpha value is -2.09. The van der Waals surface area contributed by atoms with Gasteiger partial charge in [0.15, 0.2) is 0 Å². The zero-order chi connectivity index (χ0) is 11.5. The number of carbonyl (C=O) groups excluding carboxylic acids is 1. The molecular formula is C14H13NO. The lowest BCUT2D eigenvalue weighted by atomic mass is 10.0. The summed E-state index contributed by atoms with van der Waals surface area (Å²) in [6.07, 6.45) is 0.850. The molecule has 16 heavy (non-hydrogen) atoms. The van der Waals surface area contributed by atoms with E-state index >= 15 is 0 Å². The van der Waals surface area contributed by atoms with Crippen molar-refractivity contribution in [3.63, 3.8) is 0 Å². The molecule has 2 heteroatoms. The average Bonchev–Trinajstić information content (AvgIpc) is 2.28. The number of aryl methyl sites for hydroxylation is 1. The molecule has 2 N–H and O–H groups in total. The van der Waals surface area contributed by atoms with Crippen LogP contribution in [0.1, 0.15) is 15.9 Å². The van der Waals surface area contributed by atoms with Crippen molar-refractivity contribution in [3.8, 4) is 11.1 Å². The van der Waals surface area contributed by atoms with Crippen molar-refractivity contribution in [1.82, 2.24) is 0 Å². The molecule has 0 radical (unpaired) electrons. The predicted molar refractivity (Wildman–Crippen MR) is 66.4 cm³/mol. The largest absolute Gasteiger partial charge is 0.399 e. The lowest BCUT2D eigenvalue weighted by Gasteiger charge is -2.05. The molecule has 2 aromatic rings. The Morgan fingerprint density at radius 2 is 1.88 bits per heavy atom. The number of hydrogen-bond donors (Lipinski definition) is 1. The first-order valence-electron chi connectivity index (χ1n) is 5.12. The summed E-state index contributed by atoms with van der Waals surface area (Å²) in [5.41, 5.74) is 10.4. The van der Waals surface area contributed by atoms with Crippen LogP contribution >= 0.6 is 0 Å². The number of benzene rings is 2. The van der Waals surface area contributed by atoms with E-state index in [0.29, 0.717) is 5.56 Å². The number of rotatable bonds is 2. The highest BCUT2D eigenvalue weighted by atomic mass is 16.1. The van der Waals surface area contributed by atoms with Crippen molar-refractivity contribution in [3.05, 3.63) is 53.6 Å². The second kappa shape index (κ2) is 4.19. The van der Waals surface area contributed by atoms with Crippen molar-refractivity contribution < 1.29 is 4.79 Å². The molecule has 0 atom stereocenters. The zero-order valence-corrected chi connectivity index (χ0v) is 9.10. The molecule has 0 fully saturated rings. The Balaban J connectivity index is 2.53. The molecule has 0 spiro atoms. The third kappa shape index (κ3) is 2.11. The van der Waals surface area contributed by atoms with Crippen molar-refractivity contribution >= 4 is 12.0 Å². The van der Waals surface area contributed by atoms with Crippen LogP contribution in [0.5, 0.6) is 0 Å². The summed E-state index contributed by atoms with van der Waals surface area (Å²) in [4.78, 5) is 10.7. The summed E-state index contributed by atoms with van der Waals surface area (Å²) < 4.78 is 0. The van der Waals surface area contributed by atoms with Gasteiger partial charge in [0.1, 0.15) is 6.29 Å². The van der Waals surface area contributed by atoms with E-state index in [4.69, 9.17) is 5.73 Å². The lowest BCUT2D eigenvalue weighted by Crippen LogP contribution is -1.88. The van der Waals surface area contributed by atoms with Gasteiger partial charge in [0, 0.05) is 11.3 Å². The summed E-state index contributed by atoms with van der Waals surface area (Å²) in [5, 5.41) is 0. The fourth-order valence-corrected chi connectivity index (χ4v) is 1.77. The summed E-state index contributed by atoms with van der Waals surface area (Å²) in [7, 11) is 0. The van der Waals surface area contributed by atoms with Gasteiger partial charge in [-0.2, -0.15) is 0 Å². The van der Waals surface area contributed by atoms with E-state index in [9.17, 15) is 4.79 Å². The van der Waals surface area contributed by atoms with Crippen molar-refractivity contribution in [2.45, 2.75) is 6.92 Å². The van der Waals surface area contributed by atoms with E-state index in [1.165, 1.54) is 0 Å². The minimum absolute atomic E-state index is 0.678. The van der Waals surface area contributed by atoms with Gasteiger partial charge in [0.25, 0.3) is 0 Å². The van der Waals surface area contributed by atoms with Gasteiger partial charge in [-0.05, 0) is 41.8 Å². The Bertz CT molecular complexity index is 512. The van der Waals surface area contributed by atoms with Gasteiger partial charge in [-0.1, -0.05) is 24.3 Å². The Labute approximate surface area is 94.7 Å². The van der Waals surface area contributed by atoms with Crippen molar-refractivity contribution in [2.75, 3.05) is 5.73 Å². The van der Waals surface area contributed by atoms with Gasteiger partial charge in [-0.25, -0.2) is 0 Å². The minimum Gasteiger partial charge on any atom is -0.399 e. The SMILES string of the molecule is Cc1cc(N)cc(-c2cccc(C=O)c2)c1. The first-order valence-corrected chi connectivity index (χ1v) is 5.12. The first kappa shape index (κ1) is 10.4. The molecule has 0 saturated carbocycles. The summed E-state index contributed by atoms with van der Waals surface area (Å²) >= 11 is 0. The topological polar surface area (TPSA) is 43.1 Å². The van der Waals surface area contributed by atoms with Crippen LogP contribution in [0.15, 0.2) is 42.5 Å². The number of anilines is 1. The monoisotopic (exact) mass is 211 g/mol. The van der Waals surface area contributed by atoms with Crippen LogP contribution < -0.4 is 5.73 Å². The molecule has 80 valence electrons. The highest BCUT2D eigenvalue weighted by Gasteiger charge is 2.00. The van der Waals surface area contributed by atoms with Crippen LogP contribution in [0, 0.1) is 6.92 Å². The number of carbonyl (C=O) groups is 1. The van der Waals surface area contributed by atoms with Crippen molar-refractivity contribution in [2.24, 2.45) is 0 Å². The smallest absolute Gasteiger partial charge is 0.150 e. The van der Waals surface area contributed by atoms with Gasteiger partial charge in [0.05, 0.1) is 0 Å². The maximum atomic E-state index is 10.7. The number of aldehydes is 1. The molecule has 2 nitrogen and oxygen atoms in total. The van der Waals surface area contributed by atoms with E-state index in [1.807, 2.05) is 37.3 Å². The fourth-order valence-electron chi connectivity index (χ4n) is 1.77. The molecule has 0 aromatic heterocycles. The van der Waals surface area contributed by atoms with E-state index in [0.717, 1.165) is 28.7 Å². The van der Waals surface area contributed by atoms with Crippen LogP contribution in [0.2, 0.25) is 0 Å². The lowest BCUT2D eigenvalue weighted by molar-refractivity contribution is 0.112. The summed E-state index contributed by atoms with van der Waals surface area (Å²) in [5.74, 6) is 0. The molecule has 0 bridgehead atoms. The minimum atomic E-state index is 0.678. The Morgan fingerprint density at radius 1 is 1.06 bits per heavy atom. The molecular weight excluding hydrogens is 198 g/mol. The molecule has 0 aliphatic carbocycles. The van der Waals surface area contributed by atoms with Gasteiger partial charge in [0.2, 0.25) is 0 Å². The van der Waals surface area contributed by atoms with Gasteiger partial charge in [-0.3, -0.25) is 4.79 Å². The molecule has 0 heterocycles. The molecule has 2 rings (SSSR count). The maximum absolute atomic E-state index is 10.7. The van der Waals surface area contributed by atoms with E-state index in [-0.39, 0.29) is 0 Å². The average molecular weight is 211 g/mol. The predicted octanol–water partition coefficient (Wildman–Crippen LogP) is 3.06. The Morgan fingerprint density at radius 3 is 2.56 bits per heavy atom. The van der Waals surface area contributed by atoms with E-state index in [2.05, 4.69) is 6.07 Å². The molecule has 0 amide bonds. The van der Waals surface area contributed by atoms with Gasteiger partial charge >= 0.3 is 0 Å². The second-order valence-corrected chi connectivity index (χ2v) is 3.88. The molecule has 0 saturated heterocycles. The van der Waals surface area contributed by atoms with Crippen LogP contribution in [-0.2, 0) is 0 Å². The third-order valence-electron chi connectivity index (χ3n) is 2.46. The number of nitrogens with two attached hydrogens (primary N) is 1. The number of nitrogen functional groups attached to an aromatic ring is 1. The second-order valence-electron chi connectivity index (χ2n) is 3.88. The first-order chi connectivity index (χ1) is 7.69. The summed E-state index contributed by atoms with van der Waals surface area (Å²) in [6, 6.07) is 13.4. The third-order valence-corrected chi connectivity index (χ3v) is 2.46. The van der Waals surface area contributed by atoms with E-state index in [1.54, 1.807) is 6.07 Å². The van der Waals surface area contributed by atoms with E-state index < -0.39 is 0 Å². The molecule has 0 aliphatic heterocycles. The number of hydrogen-bond acceptors (Lipinski definition) is 2. The normalized spacial score (nSPS) is 10.1. The quantitative estimate of drug-likeness (QED) is 0.612. The highest BCUT2D eigenvalue weighted by Crippen LogP contribution is 2.23. The Kier molecular flexibility index (Phi) is 2.73. The van der Waals surface area contributed by atoms with Crippen molar-refractivity contribution in [1.29, 1.82) is 0 Å². The van der Waals surface area contributed by atoms with Gasteiger partial charge < -0.3 is 5.73 Å². The van der Waals surface area contributed by atoms with Crippen LogP contribution in [-0.4, -0.2) is 6.29 Å². The maximum Gasteiger partial charge on any atom is 0.150 e. The summed E-state index contributed by atoms with van der Waals surface area (Å²) in [6.45, 7) is 2.00. The highest BCUT2D eigenvalue weighted by molar-refractivity contribution is 5.79. The molecule has 0 aliphatic rings. The van der Waals surface area contributed by atoms with Crippen LogP contribution in [0.3, 0.4) is 0 Å². The van der Waals surface area contributed by atoms with Gasteiger partial charge in [-0.15, -0.1) is 0 Å².